The van der Waals surface area contributed by atoms with Crippen LogP contribution in [0.25, 0.3) is 5.57 Å². The summed E-state index contributed by atoms with van der Waals surface area (Å²) in [6.07, 6.45) is 0.606. The van der Waals surface area contributed by atoms with Gasteiger partial charge in [-0.05, 0) is 50.4 Å². The first-order valence-electron chi connectivity index (χ1n) is 8.19. The van der Waals surface area contributed by atoms with E-state index in [0.29, 0.717) is 6.42 Å². The molecule has 0 bridgehead atoms. The van der Waals surface area contributed by atoms with Crippen molar-refractivity contribution in [2.24, 2.45) is 0 Å². The number of rotatable bonds is 7. The summed E-state index contributed by atoms with van der Waals surface area (Å²) in [7, 11) is 8.18. The lowest BCUT2D eigenvalue weighted by Gasteiger charge is -2.15. The van der Waals surface area contributed by atoms with Gasteiger partial charge in [-0.15, -0.1) is 0 Å². The number of nitrogens with zero attached hydrogens (tertiary/aromatic N) is 2. The summed E-state index contributed by atoms with van der Waals surface area (Å²) < 4.78 is 0. The maximum atomic E-state index is 11.6. The highest BCUT2D eigenvalue weighted by Gasteiger charge is 2.11. The largest absolute Gasteiger partial charge is 0.305 e. The number of allylic oxidation sites excluding steroid dienone is 1. The second kappa shape index (κ2) is 8.60. The van der Waals surface area contributed by atoms with Crippen LogP contribution in [0.15, 0.2) is 48.5 Å². The maximum Gasteiger partial charge on any atom is 0.128 e. The van der Waals surface area contributed by atoms with Crippen LogP contribution in [0.1, 0.15) is 22.3 Å². The van der Waals surface area contributed by atoms with Crippen LogP contribution in [0.4, 0.5) is 0 Å². The number of hydrogen-bond donors (Lipinski definition) is 0. The van der Waals surface area contributed by atoms with E-state index in [-0.39, 0.29) is 0 Å². The van der Waals surface area contributed by atoms with Crippen LogP contribution in [-0.4, -0.2) is 43.9 Å². The van der Waals surface area contributed by atoms with Gasteiger partial charge in [-0.3, -0.25) is 0 Å². The Labute approximate surface area is 145 Å². The Morgan fingerprint density at radius 2 is 1.54 bits per heavy atom. The zero-order chi connectivity index (χ0) is 17.5. The van der Waals surface area contributed by atoms with E-state index in [1.54, 1.807) is 0 Å². The van der Waals surface area contributed by atoms with E-state index in [2.05, 4.69) is 60.2 Å². The Bertz CT molecular complexity index is 728. The minimum atomic E-state index is 0.606. The van der Waals surface area contributed by atoms with Crippen LogP contribution in [0.5, 0.6) is 0 Å². The smallest absolute Gasteiger partial charge is 0.128 e. The van der Waals surface area contributed by atoms with Crippen LogP contribution in [0.2, 0.25) is 0 Å². The number of hydrogen-bond acceptors (Lipinski definition) is 3. The molecule has 0 aromatic heterocycles. The molecule has 3 nitrogen and oxygen atoms in total. The third kappa shape index (κ3) is 5.17. The topological polar surface area (TPSA) is 23.6 Å². The van der Waals surface area contributed by atoms with Crippen molar-refractivity contribution in [3.05, 3.63) is 70.8 Å². The van der Waals surface area contributed by atoms with Gasteiger partial charge in [0.05, 0.1) is 0 Å². The molecule has 0 aliphatic rings. The van der Waals surface area contributed by atoms with Crippen LogP contribution in [0.3, 0.4) is 0 Å². The van der Waals surface area contributed by atoms with Crippen molar-refractivity contribution in [3.63, 3.8) is 0 Å². The number of carbonyl (C=O) groups excluding carboxylic acids is 1. The minimum absolute atomic E-state index is 0.606. The highest BCUT2D eigenvalue weighted by Crippen LogP contribution is 2.22. The molecule has 2 aromatic rings. The molecule has 0 amide bonds. The Morgan fingerprint density at radius 1 is 0.875 bits per heavy atom. The molecule has 2 aromatic carbocycles. The van der Waals surface area contributed by atoms with Crippen LogP contribution in [0, 0.1) is 0 Å². The van der Waals surface area contributed by atoms with Gasteiger partial charge in [0.25, 0.3) is 0 Å². The zero-order valence-electron chi connectivity index (χ0n) is 15.0. The van der Waals surface area contributed by atoms with Crippen molar-refractivity contribution in [3.8, 4) is 0 Å². The molecule has 0 N–H and O–H groups in total. The Kier molecular flexibility index (Phi) is 6.51. The monoisotopic (exact) mass is 322 g/mol. The summed E-state index contributed by atoms with van der Waals surface area (Å²) in [6.45, 7) is 1.70. The first-order chi connectivity index (χ1) is 11.5. The second-order valence-corrected chi connectivity index (χ2v) is 6.71. The van der Waals surface area contributed by atoms with Gasteiger partial charge in [0.15, 0.2) is 0 Å². The molecular weight excluding hydrogens is 296 g/mol. The van der Waals surface area contributed by atoms with E-state index in [1.165, 1.54) is 5.56 Å². The summed E-state index contributed by atoms with van der Waals surface area (Å²) in [5.41, 5.74) is 5.27. The molecule has 126 valence electrons. The molecule has 0 fully saturated rings. The van der Waals surface area contributed by atoms with E-state index in [0.717, 1.165) is 35.4 Å². The fourth-order valence-electron chi connectivity index (χ4n) is 2.89. The molecule has 3 heteroatoms. The lowest BCUT2D eigenvalue weighted by Crippen LogP contribution is -2.12. The average Bonchev–Trinajstić information content (AvgIpc) is 2.52. The van der Waals surface area contributed by atoms with Crippen LogP contribution >= 0.6 is 0 Å². The summed E-state index contributed by atoms with van der Waals surface area (Å²) in [6, 6.07) is 16.5. The lowest BCUT2D eigenvalue weighted by atomic mass is 9.94. The van der Waals surface area contributed by atoms with Crippen LogP contribution in [-0.2, 0) is 24.3 Å². The molecule has 0 aliphatic heterocycles. The third-order valence-corrected chi connectivity index (χ3v) is 3.82. The molecule has 0 unspecified atom stereocenters. The molecule has 0 aliphatic carbocycles. The predicted octanol–water partition coefficient (Wildman–Crippen LogP) is 3.27. The third-order valence-electron chi connectivity index (χ3n) is 3.82. The van der Waals surface area contributed by atoms with Gasteiger partial charge in [-0.25, -0.2) is 4.79 Å². The molecule has 0 atom stereocenters. The van der Waals surface area contributed by atoms with E-state index in [1.807, 2.05) is 32.3 Å². The Hall–Kier alpha value is -2.19. The summed E-state index contributed by atoms with van der Waals surface area (Å²) in [5, 5.41) is 0. The molecular formula is C21H26N2O. The summed E-state index contributed by atoms with van der Waals surface area (Å²) in [4.78, 5) is 15.9. The van der Waals surface area contributed by atoms with Crippen LogP contribution < -0.4 is 0 Å². The fourth-order valence-corrected chi connectivity index (χ4v) is 2.89. The maximum absolute atomic E-state index is 11.6. The highest BCUT2D eigenvalue weighted by molar-refractivity contribution is 5.89. The fraction of sp³-hybridized carbons (Fsp3) is 0.333. The van der Waals surface area contributed by atoms with Crippen molar-refractivity contribution in [2.75, 3.05) is 28.2 Å². The van der Waals surface area contributed by atoms with Gasteiger partial charge in [-0.1, -0.05) is 48.5 Å². The Balaban J connectivity index is 2.27. The molecule has 0 heterocycles. The van der Waals surface area contributed by atoms with E-state index >= 15 is 0 Å². The highest BCUT2D eigenvalue weighted by atomic mass is 16.1. The van der Waals surface area contributed by atoms with E-state index in [4.69, 9.17) is 0 Å². The Morgan fingerprint density at radius 3 is 2.21 bits per heavy atom. The molecule has 24 heavy (non-hydrogen) atoms. The second-order valence-electron chi connectivity index (χ2n) is 6.71. The SMILES string of the molecule is CN(C)Cc1cccc(CC(=C=O)c2ccccc2CN(C)C)c1. The lowest BCUT2D eigenvalue weighted by molar-refractivity contribution is 0.402. The van der Waals surface area contributed by atoms with Gasteiger partial charge in [0.1, 0.15) is 5.94 Å². The zero-order valence-corrected chi connectivity index (χ0v) is 15.0. The van der Waals surface area contributed by atoms with Crippen molar-refractivity contribution in [2.45, 2.75) is 19.5 Å². The first-order valence-corrected chi connectivity index (χ1v) is 8.19. The molecule has 0 saturated heterocycles. The normalized spacial score (nSPS) is 10.9. The summed E-state index contributed by atoms with van der Waals surface area (Å²) in [5.74, 6) is 2.18. The quantitative estimate of drug-likeness (QED) is 0.731. The van der Waals surface area contributed by atoms with Gasteiger partial charge in [0, 0.05) is 25.1 Å². The van der Waals surface area contributed by atoms with E-state index < -0.39 is 0 Å². The molecule has 0 spiro atoms. The van der Waals surface area contributed by atoms with Crippen molar-refractivity contribution >= 4 is 11.5 Å². The van der Waals surface area contributed by atoms with Gasteiger partial charge in [0.2, 0.25) is 0 Å². The van der Waals surface area contributed by atoms with E-state index in [9.17, 15) is 4.79 Å². The minimum Gasteiger partial charge on any atom is -0.305 e. The van der Waals surface area contributed by atoms with Gasteiger partial charge < -0.3 is 9.80 Å². The standard InChI is InChI=1S/C21H26N2O/c1-22(2)14-18-9-7-8-17(12-18)13-20(16-24)21-11-6-5-10-19(21)15-23(3)4/h5-12H,13-15H2,1-4H3. The average molecular weight is 322 g/mol. The molecule has 2 rings (SSSR count). The van der Waals surface area contributed by atoms with Gasteiger partial charge in [-0.2, -0.15) is 0 Å². The number of benzene rings is 2. The van der Waals surface area contributed by atoms with Crippen molar-refractivity contribution in [1.29, 1.82) is 0 Å². The molecule has 0 saturated carbocycles. The van der Waals surface area contributed by atoms with Gasteiger partial charge >= 0.3 is 0 Å². The first kappa shape index (κ1) is 18.2. The molecule has 0 radical (unpaired) electrons. The van der Waals surface area contributed by atoms with Crippen molar-refractivity contribution < 1.29 is 4.79 Å². The predicted molar refractivity (Wildman–Crippen MR) is 100 cm³/mol. The summed E-state index contributed by atoms with van der Waals surface area (Å²) >= 11 is 0. The van der Waals surface area contributed by atoms with Crippen molar-refractivity contribution in [1.82, 2.24) is 9.80 Å².